The van der Waals surface area contributed by atoms with Crippen LogP contribution >= 0.6 is 11.6 Å². The van der Waals surface area contributed by atoms with E-state index in [4.69, 9.17) is 11.6 Å². The largest absolute Gasteiger partial charge is 0.292 e. The van der Waals surface area contributed by atoms with Crippen LogP contribution in [0.2, 0.25) is 5.02 Å². The van der Waals surface area contributed by atoms with Gasteiger partial charge in [0.1, 0.15) is 0 Å². The molecule has 0 atom stereocenters. The summed E-state index contributed by atoms with van der Waals surface area (Å²) in [5.41, 5.74) is 1.98. The highest BCUT2D eigenvalue weighted by atomic mass is 35.5. The number of aromatic nitrogens is 2. The zero-order valence-electron chi connectivity index (χ0n) is 10.9. The number of carbonyl (C=O) groups is 1. The Bertz CT molecular complexity index is 800. The molecule has 0 fully saturated rings. The van der Waals surface area contributed by atoms with Gasteiger partial charge in [0, 0.05) is 35.5 Å². The van der Waals surface area contributed by atoms with Gasteiger partial charge in [-0.3, -0.25) is 4.79 Å². The minimum Gasteiger partial charge on any atom is -0.292 e. The van der Waals surface area contributed by atoms with E-state index in [1.807, 2.05) is 53.4 Å². The average Bonchev–Trinajstić information content (AvgIpc) is 2.46. The minimum atomic E-state index is -0.0618. The number of carbonyl (C=O) groups excluding carboxylic acids is 1. The van der Waals surface area contributed by atoms with E-state index in [2.05, 4.69) is 4.98 Å². The summed E-state index contributed by atoms with van der Waals surface area (Å²) < 4.78 is 1.88. The minimum absolute atomic E-state index is 0.0618. The van der Waals surface area contributed by atoms with Crippen LogP contribution in [0.5, 0.6) is 0 Å². The molecule has 1 aromatic carbocycles. The number of hydrogen-bond acceptors (Lipinski definition) is 2. The Balaban J connectivity index is 2.33. The van der Waals surface area contributed by atoms with E-state index in [9.17, 15) is 4.79 Å². The number of rotatable bonds is 2. The second-order valence-corrected chi connectivity index (χ2v) is 4.97. The lowest BCUT2D eigenvalue weighted by atomic mass is 10.1. The van der Waals surface area contributed by atoms with Gasteiger partial charge in [0.05, 0.1) is 5.52 Å². The van der Waals surface area contributed by atoms with Gasteiger partial charge < -0.3 is 0 Å². The third kappa shape index (κ3) is 2.28. The van der Waals surface area contributed by atoms with Gasteiger partial charge in [0.25, 0.3) is 0 Å². The Kier molecular flexibility index (Phi) is 3.20. The Morgan fingerprint density at radius 2 is 1.90 bits per heavy atom. The second-order valence-electron chi connectivity index (χ2n) is 4.53. The van der Waals surface area contributed by atoms with Crippen LogP contribution < -0.4 is 4.57 Å². The lowest BCUT2D eigenvalue weighted by Crippen LogP contribution is -2.31. The smallest absolute Gasteiger partial charge is 0.240 e. The molecule has 3 nitrogen and oxygen atoms in total. The van der Waals surface area contributed by atoms with E-state index in [1.54, 1.807) is 6.07 Å². The molecule has 0 spiro atoms. The third-order valence-corrected chi connectivity index (χ3v) is 3.32. The molecule has 0 saturated carbocycles. The van der Waals surface area contributed by atoms with Crippen LogP contribution in [0.4, 0.5) is 0 Å². The molecule has 4 heteroatoms. The van der Waals surface area contributed by atoms with Crippen molar-refractivity contribution in [3.8, 4) is 5.69 Å². The van der Waals surface area contributed by atoms with Crippen molar-refractivity contribution < 1.29 is 9.36 Å². The predicted molar refractivity (Wildman–Crippen MR) is 78.3 cm³/mol. The molecule has 0 N–H and O–H groups in total. The van der Waals surface area contributed by atoms with Gasteiger partial charge in [-0.05, 0) is 18.2 Å². The van der Waals surface area contributed by atoms with Crippen LogP contribution in [0.3, 0.4) is 0 Å². The molecule has 0 amide bonds. The maximum atomic E-state index is 11.8. The molecule has 20 heavy (non-hydrogen) atoms. The molecule has 0 unspecified atom stereocenters. The molecule has 98 valence electrons. The first-order valence-electron chi connectivity index (χ1n) is 6.23. The first-order valence-corrected chi connectivity index (χ1v) is 6.61. The van der Waals surface area contributed by atoms with E-state index in [0.29, 0.717) is 10.7 Å². The van der Waals surface area contributed by atoms with Gasteiger partial charge in [-0.15, -0.1) is 0 Å². The molecule has 0 aliphatic carbocycles. The van der Waals surface area contributed by atoms with Gasteiger partial charge in [0.15, 0.2) is 23.9 Å². The molecule has 0 aliphatic rings. The molecule has 2 aromatic heterocycles. The Hall–Kier alpha value is -2.26. The number of hydrogen-bond donors (Lipinski definition) is 0. The monoisotopic (exact) mass is 283 g/mol. The van der Waals surface area contributed by atoms with Crippen LogP contribution in [0, 0.1) is 0 Å². The SMILES string of the molecule is CC(=O)c1nc2ccc(Cl)cc2cc1-[n+]1ccccc1. The zero-order chi connectivity index (χ0) is 14.1. The van der Waals surface area contributed by atoms with Crippen molar-refractivity contribution in [3.05, 3.63) is 65.6 Å². The number of benzene rings is 1. The molecule has 2 heterocycles. The van der Waals surface area contributed by atoms with E-state index < -0.39 is 0 Å². The summed E-state index contributed by atoms with van der Waals surface area (Å²) in [6.45, 7) is 1.52. The quantitative estimate of drug-likeness (QED) is 0.534. The molecule has 3 aromatic rings. The first kappa shape index (κ1) is 12.8. The van der Waals surface area contributed by atoms with Gasteiger partial charge in [-0.25, -0.2) is 4.98 Å². The van der Waals surface area contributed by atoms with E-state index in [0.717, 1.165) is 16.6 Å². The van der Waals surface area contributed by atoms with Crippen molar-refractivity contribution >= 4 is 28.3 Å². The summed E-state index contributed by atoms with van der Waals surface area (Å²) in [5, 5.41) is 1.56. The fraction of sp³-hybridized carbons (Fsp3) is 0.0625. The van der Waals surface area contributed by atoms with Crippen LogP contribution in [0.15, 0.2) is 54.9 Å². The fourth-order valence-corrected chi connectivity index (χ4v) is 2.33. The van der Waals surface area contributed by atoms with Gasteiger partial charge in [-0.2, -0.15) is 4.57 Å². The number of halogens is 1. The number of Topliss-reactive ketones (excluding diaryl/α,β-unsaturated/α-hetero) is 1. The first-order chi connectivity index (χ1) is 9.65. The van der Waals surface area contributed by atoms with Crippen LogP contribution in [0.25, 0.3) is 16.6 Å². The lowest BCUT2D eigenvalue weighted by Gasteiger charge is -2.04. The van der Waals surface area contributed by atoms with Crippen LogP contribution in [-0.4, -0.2) is 10.8 Å². The maximum Gasteiger partial charge on any atom is 0.240 e. The highest BCUT2D eigenvalue weighted by molar-refractivity contribution is 6.31. The van der Waals surface area contributed by atoms with Gasteiger partial charge >= 0.3 is 0 Å². The highest BCUT2D eigenvalue weighted by Crippen LogP contribution is 2.21. The number of ketones is 1. The molecule has 0 aliphatic heterocycles. The molecule has 0 saturated heterocycles. The fourth-order valence-electron chi connectivity index (χ4n) is 2.15. The summed E-state index contributed by atoms with van der Waals surface area (Å²) in [7, 11) is 0. The topological polar surface area (TPSA) is 33.8 Å². The van der Waals surface area contributed by atoms with Crippen LogP contribution in [-0.2, 0) is 0 Å². The lowest BCUT2D eigenvalue weighted by molar-refractivity contribution is -0.596. The second kappa shape index (κ2) is 5.02. The molecular formula is C16H12ClN2O+. The summed E-state index contributed by atoms with van der Waals surface area (Å²) in [6, 6.07) is 13.1. The average molecular weight is 284 g/mol. The Morgan fingerprint density at radius 3 is 2.60 bits per heavy atom. The summed E-state index contributed by atoms with van der Waals surface area (Å²) >= 11 is 6.02. The van der Waals surface area contributed by atoms with Crippen molar-refractivity contribution in [2.75, 3.05) is 0 Å². The van der Waals surface area contributed by atoms with Crippen LogP contribution in [0.1, 0.15) is 17.4 Å². The third-order valence-electron chi connectivity index (χ3n) is 3.08. The zero-order valence-corrected chi connectivity index (χ0v) is 11.6. The van der Waals surface area contributed by atoms with E-state index in [-0.39, 0.29) is 5.78 Å². The van der Waals surface area contributed by atoms with E-state index in [1.165, 1.54) is 6.92 Å². The molecule has 3 rings (SSSR count). The molecular weight excluding hydrogens is 272 g/mol. The molecule has 0 bridgehead atoms. The summed E-state index contributed by atoms with van der Waals surface area (Å²) in [5.74, 6) is -0.0618. The standard InChI is InChI=1S/C16H12ClN2O/c1-11(20)16-15(19-7-3-2-4-8-19)10-12-9-13(17)5-6-14(12)18-16/h2-10H,1H3/q+1. The summed E-state index contributed by atoms with van der Waals surface area (Å²) in [4.78, 5) is 16.3. The predicted octanol–water partition coefficient (Wildman–Crippen LogP) is 3.37. The number of nitrogens with zero attached hydrogens (tertiary/aromatic N) is 2. The number of fused-ring (bicyclic) bond motifs is 1. The van der Waals surface area contributed by atoms with Crippen molar-refractivity contribution in [1.82, 2.24) is 4.98 Å². The van der Waals surface area contributed by atoms with E-state index >= 15 is 0 Å². The van der Waals surface area contributed by atoms with Crippen molar-refractivity contribution in [3.63, 3.8) is 0 Å². The Labute approximate surface area is 121 Å². The number of pyridine rings is 2. The normalized spacial score (nSPS) is 10.7. The van der Waals surface area contributed by atoms with Crippen molar-refractivity contribution in [2.45, 2.75) is 6.92 Å². The van der Waals surface area contributed by atoms with Gasteiger partial charge in [-0.1, -0.05) is 17.7 Å². The van der Waals surface area contributed by atoms with Crippen molar-refractivity contribution in [2.24, 2.45) is 0 Å². The van der Waals surface area contributed by atoms with Crippen molar-refractivity contribution in [1.29, 1.82) is 0 Å². The van der Waals surface area contributed by atoms with Gasteiger partial charge in [0.2, 0.25) is 5.69 Å². The maximum absolute atomic E-state index is 11.8. The summed E-state index contributed by atoms with van der Waals surface area (Å²) in [6.07, 6.45) is 3.78. The molecule has 0 radical (unpaired) electrons. The Morgan fingerprint density at radius 1 is 1.15 bits per heavy atom. The highest BCUT2D eigenvalue weighted by Gasteiger charge is 2.18.